The summed E-state index contributed by atoms with van der Waals surface area (Å²) < 4.78 is 49.1. The standard InChI is InChI=1S/C24H30FN3O4S/c1-17-7-10-22(18-5-3-2-4-6-18)33(30,31)28(17)16-19-8-9-20(15-21(19)25)24(23(26)27-29)11-13-32-14-12-24/h2-6,8-9,15,17,22,29H,7,10-14,16H2,1H3,(H2,26,27)/t17-,22+/m0/s1. The Morgan fingerprint density at radius 2 is 1.91 bits per heavy atom. The number of oxime groups is 1. The van der Waals surface area contributed by atoms with Crippen molar-refractivity contribution < 1.29 is 22.8 Å². The molecule has 0 aliphatic carbocycles. The largest absolute Gasteiger partial charge is 0.409 e. The van der Waals surface area contributed by atoms with E-state index in [9.17, 15) is 13.6 Å². The lowest BCUT2D eigenvalue weighted by Gasteiger charge is -2.38. The molecule has 2 aromatic rings. The summed E-state index contributed by atoms with van der Waals surface area (Å²) in [5.41, 5.74) is 6.85. The molecule has 0 spiro atoms. The Morgan fingerprint density at radius 1 is 1.21 bits per heavy atom. The number of hydrogen-bond acceptors (Lipinski definition) is 5. The zero-order chi connectivity index (χ0) is 23.6. The predicted molar refractivity (Wildman–Crippen MR) is 124 cm³/mol. The number of halogens is 1. The third-order valence-corrected chi connectivity index (χ3v) is 9.44. The van der Waals surface area contributed by atoms with Crippen LogP contribution in [0.2, 0.25) is 0 Å². The molecule has 178 valence electrons. The molecule has 2 aliphatic heterocycles. The molecule has 2 aromatic carbocycles. The van der Waals surface area contributed by atoms with Crippen LogP contribution in [-0.4, -0.2) is 43.0 Å². The molecule has 9 heteroatoms. The zero-order valence-electron chi connectivity index (χ0n) is 18.7. The molecule has 33 heavy (non-hydrogen) atoms. The van der Waals surface area contributed by atoms with Crippen molar-refractivity contribution in [2.24, 2.45) is 10.9 Å². The lowest BCUT2D eigenvalue weighted by molar-refractivity contribution is 0.0694. The number of benzene rings is 2. The topological polar surface area (TPSA) is 105 Å². The summed E-state index contributed by atoms with van der Waals surface area (Å²) in [6.45, 7) is 2.66. The van der Waals surface area contributed by atoms with Gasteiger partial charge in [-0.2, -0.15) is 4.31 Å². The van der Waals surface area contributed by atoms with Gasteiger partial charge in [0.2, 0.25) is 10.0 Å². The number of hydrogen-bond donors (Lipinski definition) is 2. The molecule has 0 unspecified atom stereocenters. The first-order chi connectivity index (χ1) is 15.8. The van der Waals surface area contributed by atoms with Crippen molar-refractivity contribution in [2.45, 2.75) is 55.9 Å². The lowest BCUT2D eigenvalue weighted by atomic mass is 9.73. The molecule has 4 rings (SSSR count). The fourth-order valence-electron chi connectivity index (χ4n) is 5.00. The summed E-state index contributed by atoms with van der Waals surface area (Å²) in [4.78, 5) is 0. The maximum Gasteiger partial charge on any atom is 0.221 e. The first kappa shape index (κ1) is 23.7. The summed E-state index contributed by atoms with van der Waals surface area (Å²) in [5.74, 6) is -0.482. The maximum atomic E-state index is 15.3. The zero-order valence-corrected chi connectivity index (χ0v) is 19.5. The Hall–Kier alpha value is -2.49. The number of nitrogens with zero attached hydrogens (tertiary/aromatic N) is 2. The van der Waals surface area contributed by atoms with Gasteiger partial charge < -0.3 is 15.7 Å². The molecule has 0 saturated carbocycles. The van der Waals surface area contributed by atoms with Crippen LogP contribution < -0.4 is 5.73 Å². The average molecular weight is 476 g/mol. The summed E-state index contributed by atoms with van der Waals surface area (Å²) in [7, 11) is -3.66. The van der Waals surface area contributed by atoms with E-state index in [4.69, 9.17) is 10.5 Å². The van der Waals surface area contributed by atoms with E-state index in [1.807, 2.05) is 37.3 Å². The van der Waals surface area contributed by atoms with Crippen molar-refractivity contribution in [1.29, 1.82) is 0 Å². The molecular formula is C24H30FN3O4S. The van der Waals surface area contributed by atoms with Crippen LogP contribution in [0.1, 0.15) is 54.5 Å². The van der Waals surface area contributed by atoms with Gasteiger partial charge in [0, 0.05) is 31.4 Å². The highest BCUT2D eigenvalue weighted by Crippen LogP contribution is 2.39. The third-order valence-electron chi connectivity index (χ3n) is 7.07. The van der Waals surface area contributed by atoms with E-state index in [2.05, 4.69) is 5.16 Å². The molecule has 2 saturated heterocycles. The van der Waals surface area contributed by atoms with Gasteiger partial charge >= 0.3 is 0 Å². The Morgan fingerprint density at radius 3 is 2.55 bits per heavy atom. The Kier molecular flexibility index (Phi) is 6.74. The van der Waals surface area contributed by atoms with Gasteiger partial charge in [0.05, 0.1) is 5.41 Å². The van der Waals surface area contributed by atoms with Crippen LogP contribution >= 0.6 is 0 Å². The molecular weight excluding hydrogens is 445 g/mol. The smallest absolute Gasteiger partial charge is 0.221 e. The van der Waals surface area contributed by atoms with E-state index in [1.165, 1.54) is 10.4 Å². The van der Waals surface area contributed by atoms with Crippen molar-refractivity contribution >= 4 is 15.9 Å². The molecule has 2 atom stereocenters. The number of rotatable bonds is 5. The number of nitrogens with two attached hydrogens (primary N) is 1. The van der Waals surface area contributed by atoms with Gasteiger partial charge in [-0.3, -0.25) is 0 Å². The molecule has 7 nitrogen and oxygen atoms in total. The van der Waals surface area contributed by atoms with E-state index in [0.29, 0.717) is 50.0 Å². The minimum absolute atomic E-state index is 0.0240. The van der Waals surface area contributed by atoms with Crippen molar-refractivity contribution in [2.75, 3.05) is 13.2 Å². The number of sulfonamides is 1. The number of amidine groups is 1. The van der Waals surface area contributed by atoms with E-state index in [0.717, 1.165) is 5.56 Å². The summed E-state index contributed by atoms with van der Waals surface area (Å²) in [5, 5.41) is 11.9. The quantitative estimate of drug-likeness (QED) is 0.297. The second-order valence-electron chi connectivity index (χ2n) is 8.90. The molecule has 2 heterocycles. The van der Waals surface area contributed by atoms with Crippen molar-refractivity contribution in [3.8, 4) is 0 Å². The van der Waals surface area contributed by atoms with Gasteiger partial charge in [0.15, 0.2) is 0 Å². The molecule has 0 aromatic heterocycles. The molecule has 2 fully saturated rings. The van der Waals surface area contributed by atoms with Crippen LogP contribution in [-0.2, 0) is 26.7 Å². The third kappa shape index (κ3) is 4.37. The SMILES string of the molecule is C[C@H]1CC[C@H](c2ccccc2)S(=O)(=O)N1Cc1ccc(C2(/C(N)=N\O)CCOCC2)cc1F. The van der Waals surface area contributed by atoms with Crippen LogP contribution in [0.5, 0.6) is 0 Å². The normalized spacial score (nSPS) is 25.6. The monoisotopic (exact) mass is 475 g/mol. The molecule has 0 amide bonds. The van der Waals surface area contributed by atoms with Gasteiger partial charge in [-0.25, -0.2) is 12.8 Å². The average Bonchev–Trinajstić information content (AvgIpc) is 2.82. The van der Waals surface area contributed by atoms with E-state index in [1.54, 1.807) is 12.1 Å². The lowest BCUT2D eigenvalue weighted by Crippen LogP contribution is -2.46. The summed E-state index contributed by atoms with van der Waals surface area (Å²) in [6, 6.07) is 13.7. The highest BCUT2D eigenvalue weighted by molar-refractivity contribution is 7.89. The molecule has 0 radical (unpaired) electrons. The fourth-order valence-corrected chi connectivity index (χ4v) is 7.19. The van der Waals surface area contributed by atoms with Crippen molar-refractivity contribution in [3.05, 3.63) is 71.0 Å². The van der Waals surface area contributed by atoms with Crippen LogP contribution in [0.15, 0.2) is 53.7 Å². The fraction of sp³-hybridized carbons (Fsp3) is 0.458. The number of ether oxygens (including phenoxy) is 1. The van der Waals surface area contributed by atoms with Gasteiger partial charge in [0.1, 0.15) is 16.9 Å². The van der Waals surface area contributed by atoms with Crippen LogP contribution in [0.25, 0.3) is 0 Å². The second kappa shape index (κ2) is 9.40. The minimum atomic E-state index is -3.66. The van der Waals surface area contributed by atoms with E-state index in [-0.39, 0.29) is 18.4 Å². The maximum absolute atomic E-state index is 15.3. The van der Waals surface area contributed by atoms with E-state index >= 15 is 4.39 Å². The minimum Gasteiger partial charge on any atom is -0.409 e. The van der Waals surface area contributed by atoms with E-state index < -0.39 is 26.5 Å². The summed E-state index contributed by atoms with van der Waals surface area (Å²) in [6.07, 6.45) is 2.18. The highest BCUT2D eigenvalue weighted by atomic mass is 32.2. The Balaban J connectivity index is 1.63. The summed E-state index contributed by atoms with van der Waals surface area (Å²) >= 11 is 0. The van der Waals surface area contributed by atoms with Crippen molar-refractivity contribution in [1.82, 2.24) is 4.31 Å². The van der Waals surface area contributed by atoms with Crippen molar-refractivity contribution in [3.63, 3.8) is 0 Å². The highest BCUT2D eigenvalue weighted by Gasteiger charge is 2.42. The van der Waals surface area contributed by atoms with Gasteiger partial charge in [-0.1, -0.05) is 47.6 Å². The molecule has 0 bridgehead atoms. The predicted octanol–water partition coefficient (Wildman–Crippen LogP) is 3.68. The van der Waals surface area contributed by atoms with Gasteiger partial charge in [-0.15, -0.1) is 0 Å². The Labute approximate surface area is 194 Å². The molecule has 2 aliphatic rings. The van der Waals surface area contributed by atoms with Gasteiger partial charge in [-0.05, 0) is 49.8 Å². The van der Waals surface area contributed by atoms with Gasteiger partial charge in [0.25, 0.3) is 0 Å². The second-order valence-corrected chi connectivity index (χ2v) is 11.0. The first-order valence-corrected chi connectivity index (χ1v) is 12.7. The molecule has 3 N–H and O–H groups in total. The van der Waals surface area contributed by atoms with Crippen LogP contribution in [0.3, 0.4) is 0 Å². The Bertz CT molecular complexity index is 1120. The van der Waals surface area contributed by atoms with Crippen LogP contribution in [0, 0.1) is 5.82 Å². The first-order valence-electron chi connectivity index (χ1n) is 11.2. The van der Waals surface area contributed by atoms with Crippen LogP contribution in [0.4, 0.5) is 4.39 Å².